The van der Waals surface area contributed by atoms with E-state index in [2.05, 4.69) is 45.2 Å². The number of piperidine rings is 1. The number of nitrogens with one attached hydrogen (secondary N) is 2. The largest absolute Gasteiger partial charge is 0.372 e. The Hall–Kier alpha value is -2.72. The molecule has 4 heterocycles. The molecule has 6 N–H and O–H groups in total. The quantitative estimate of drug-likeness (QED) is 0.455. The second kappa shape index (κ2) is 8.43. The van der Waals surface area contributed by atoms with Crippen LogP contribution in [-0.2, 0) is 4.79 Å². The highest BCUT2D eigenvalue weighted by atomic mass is 32.1. The molecule has 166 valence electrons. The van der Waals surface area contributed by atoms with Crippen LogP contribution in [0.5, 0.6) is 0 Å². The van der Waals surface area contributed by atoms with Gasteiger partial charge >= 0.3 is 0 Å². The van der Waals surface area contributed by atoms with Crippen LogP contribution in [0.25, 0.3) is 10.2 Å². The van der Waals surface area contributed by atoms with Gasteiger partial charge in [0.15, 0.2) is 11.6 Å². The Bertz CT molecular complexity index is 1070. The molecule has 3 aromatic heterocycles. The number of nitrogens with zero attached hydrogens (tertiary/aromatic N) is 4. The van der Waals surface area contributed by atoms with Crippen molar-refractivity contribution in [1.29, 1.82) is 0 Å². The Labute approximate surface area is 185 Å². The summed E-state index contributed by atoms with van der Waals surface area (Å²) in [5, 5.41) is 11.0. The molecular weight excluding hydrogens is 412 g/mol. The van der Waals surface area contributed by atoms with Crippen molar-refractivity contribution in [2.45, 2.75) is 51.5 Å². The third-order valence-corrected chi connectivity index (χ3v) is 6.88. The van der Waals surface area contributed by atoms with Crippen LogP contribution in [0.2, 0.25) is 0 Å². The highest BCUT2D eigenvalue weighted by Gasteiger charge is 2.57. The normalized spacial score (nSPS) is 23.4. The molecule has 0 radical (unpaired) electrons. The molecule has 3 aromatic rings. The molecule has 3 aliphatic rings. The average Bonchev–Trinajstić information content (AvgIpc) is 3.55. The van der Waals surface area contributed by atoms with Gasteiger partial charge in [0.25, 0.3) is 0 Å². The summed E-state index contributed by atoms with van der Waals surface area (Å²) in [5.74, 6) is 3.68. The fourth-order valence-electron chi connectivity index (χ4n) is 4.07. The first-order valence-corrected chi connectivity index (χ1v) is 11.6. The number of primary amides is 1. The Morgan fingerprint density at radius 2 is 2.06 bits per heavy atom. The zero-order valence-electron chi connectivity index (χ0n) is 18.2. The van der Waals surface area contributed by atoms with Crippen LogP contribution in [0.4, 0.5) is 17.6 Å². The van der Waals surface area contributed by atoms with Gasteiger partial charge in [0.2, 0.25) is 12.4 Å². The zero-order chi connectivity index (χ0) is 22.2. The van der Waals surface area contributed by atoms with Crippen molar-refractivity contribution >= 4 is 45.5 Å². The van der Waals surface area contributed by atoms with Gasteiger partial charge in [-0.25, -0.2) is 4.98 Å². The molecule has 1 amide bonds. The number of carbonyl (C=O) groups excluding carboxylic acids is 1. The monoisotopic (exact) mass is 442 g/mol. The second-order valence-electron chi connectivity index (χ2n) is 8.20. The maximum absolute atomic E-state index is 8.58. The molecule has 2 unspecified atom stereocenters. The van der Waals surface area contributed by atoms with Gasteiger partial charge in [0.05, 0.1) is 10.2 Å². The summed E-state index contributed by atoms with van der Waals surface area (Å²) in [7, 11) is 0. The van der Waals surface area contributed by atoms with Crippen molar-refractivity contribution in [3.8, 4) is 0 Å². The van der Waals surface area contributed by atoms with Crippen molar-refractivity contribution in [3.63, 3.8) is 0 Å². The Balaban J connectivity index is 0.000000429. The van der Waals surface area contributed by atoms with Gasteiger partial charge < -0.3 is 21.7 Å². The maximum atomic E-state index is 8.58. The van der Waals surface area contributed by atoms with Gasteiger partial charge in [0, 0.05) is 41.2 Å². The van der Waals surface area contributed by atoms with Gasteiger partial charge in [-0.2, -0.15) is 10.1 Å². The molecule has 31 heavy (non-hydrogen) atoms. The van der Waals surface area contributed by atoms with Crippen molar-refractivity contribution in [1.82, 2.24) is 20.2 Å². The summed E-state index contributed by atoms with van der Waals surface area (Å²) in [4.78, 5) is 21.7. The molecule has 0 aromatic carbocycles. The third kappa shape index (κ3) is 4.35. The van der Waals surface area contributed by atoms with Crippen LogP contribution in [-0.4, -0.2) is 45.2 Å². The SMILES string of the molecule is CC.Cc1cc2nc(N3CC4CC4(N)C3)nc(Nc3cc(C4CC4)[nH]n3)c2s1.NC=O. The Morgan fingerprint density at radius 1 is 1.32 bits per heavy atom. The lowest BCUT2D eigenvalue weighted by Crippen LogP contribution is -2.34. The summed E-state index contributed by atoms with van der Waals surface area (Å²) in [6.45, 7) is 7.91. The number of H-pyrrole nitrogens is 1. The summed E-state index contributed by atoms with van der Waals surface area (Å²) < 4.78 is 1.08. The third-order valence-electron chi connectivity index (χ3n) is 5.83. The molecule has 1 aliphatic heterocycles. The van der Waals surface area contributed by atoms with E-state index in [1.165, 1.54) is 23.4 Å². The number of rotatable bonds is 4. The topological polar surface area (TPSA) is 139 Å². The summed E-state index contributed by atoms with van der Waals surface area (Å²) in [6.07, 6.45) is 3.89. The summed E-state index contributed by atoms with van der Waals surface area (Å²) in [5.41, 5.74) is 12.7. The number of aryl methyl sites for hydroxylation is 1. The van der Waals surface area contributed by atoms with E-state index < -0.39 is 0 Å². The highest BCUT2D eigenvalue weighted by molar-refractivity contribution is 7.19. The van der Waals surface area contributed by atoms with Gasteiger partial charge in [-0.05, 0) is 38.2 Å². The number of hydrogen-bond donors (Lipinski definition) is 4. The summed E-state index contributed by atoms with van der Waals surface area (Å²) in [6, 6.07) is 4.23. The number of amides is 1. The lowest BCUT2D eigenvalue weighted by Gasteiger charge is -2.20. The summed E-state index contributed by atoms with van der Waals surface area (Å²) >= 11 is 1.71. The number of aromatic nitrogens is 4. The van der Waals surface area contributed by atoms with Crippen LogP contribution in [0, 0.1) is 12.8 Å². The Morgan fingerprint density at radius 3 is 2.71 bits per heavy atom. The van der Waals surface area contributed by atoms with Crippen molar-refractivity contribution in [3.05, 3.63) is 22.7 Å². The first-order chi connectivity index (χ1) is 15.0. The second-order valence-corrected chi connectivity index (χ2v) is 9.46. The zero-order valence-corrected chi connectivity index (χ0v) is 19.0. The van der Waals surface area contributed by atoms with E-state index in [0.717, 1.165) is 47.3 Å². The van der Waals surface area contributed by atoms with Crippen LogP contribution in [0.3, 0.4) is 0 Å². The van der Waals surface area contributed by atoms with Crippen molar-refractivity contribution in [2.75, 3.05) is 23.3 Å². The number of anilines is 3. The van der Waals surface area contributed by atoms with E-state index in [9.17, 15) is 0 Å². The minimum atomic E-state index is -0.0160. The molecule has 1 saturated heterocycles. The number of carbonyl (C=O) groups is 1. The molecule has 0 bridgehead atoms. The van der Waals surface area contributed by atoms with E-state index >= 15 is 0 Å². The lowest BCUT2D eigenvalue weighted by molar-refractivity contribution is -0.106. The van der Waals surface area contributed by atoms with E-state index in [-0.39, 0.29) is 11.9 Å². The number of fused-ring (bicyclic) bond motifs is 2. The molecule has 6 rings (SSSR count). The molecule has 2 saturated carbocycles. The fourth-order valence-corrected chi connectivity index (χ4v) is 4.96. The molecule has 0 spiro atoms. The Kier molecular flexibility index (Phi) is 5.85. The van der Waals surface area contributed by atoms with E-state index in [1.807, 2.05) is 13.8 Å². The van der Waals surface area contributed by atoms with Crippen molar-refractivity contribution in [2.24, 2.45) is 17.4 Å². The van der Waals surface area contributed by atoms with E-state index in [1.54, 1.807) is 11.3 Å². The predicted octanol–water partition coefficient (Wildman–Crippen LogP) is 3.01. The van der Waals surface area contributed by atoms with Gasteiger partial charge in [-0.15, -0.1) is 11.3 Å². The smallest absolute Gasteiger partial charge is 0.228 e. The highest BCUT2D eigenvalue weighted by Crippen LogP contribution is 2.48. The van der Waals surface area contributed by atoms with E-state index in [0.29, 0.717) is 11.8 Å². The fraction of sp³-hybridized carbons (Fsp3) is 0.524. The van der Waals surface area contributed by atoms with Gasteiger partial charge in [-0.1, -0.05) is 13.8 Å². The minimum absolute atomic E-state index is 0.0160. The molecule has 10 heteroatoms. The van der Waals surface area contributed by atoms with Crippen LogP contribution in [0.1, 0.15) is 49.6 Å². The van der Waals surface area contributed by atoms with Crippen LogP contribution >= 0.6 is 11.3 Å². The molecule has 2 aliphatic carbocycles. The number of nitrogens with two attached hydrogens (primary N) is 2. The molecule has 9 nitrogen and oxygen atoms in total. The first-order valence-electron chi connectivity index (χ1n) is 10.8. The maximum Gasteiger partial charge on any atom is 0.228 e. The number of hydrogen-bond acceptors (Lipinski definition) is 8. The predicted molar refractivity (Wildman–Crippen MR) is 125 cm³/mol. The van der Waals surface area contributed by atoms with Crippen LogP contribution < -0.4 is 21.7 Å². The lowest BCUT2D eigenvalue weighted by atomic mass is 10.3. The molecular formula is C21H30N8OS. The van der Waals surface area contributed by atoms with Gasteiger partial charge in [-0.3, -0.25) is 9.89 Å². The molecule has 3 fully saturated rings. The number of aromatic amines is 1. The minimum Gasteiger partial charge on any atom is -0.372 e. The molecule has 2 atom stereocenters. The number of thiophene rings is 1. The van der Waals surface area contributed by atoms with E-state index in [4.69, 9.17) is 20.5 Å². The van der Waals surface area contributed by atoms with Gasteiger partial charge in [0.1, 0.15) is 0 Å². The van der Waals surface area contributed by atoms with Crippen molar-refractivity contribution < 1.29 is 4.79 Å². The van der Waals surface area contributed by atoms with Crippen LogP contribution in [0.15, 0.2) is 12.1 Å². The average molecular weight is 443 g/mol. The first kappa shape index (κ1) is 21.5. The standard InChI is InChI=1S/C18H21N7S.C2H6.CH3NO/c1-9-4-13-15(26-9)16(21-14-5-12(23-24-14)10-2-3-10)22-17(20-13)25-7-11-6-18(11,19)8-25;1-2;2-1-3/h4-5,10-11H,2-3,6-8,19H2,1H3,(H2,20,21,22,23,24);1-2H3;1H,(H2,2,3).